The van der Waals surface area contributed by atoms with Crippen molar-refractivity contribution in [2.24, 2.45) is 11.3 Å². The fourth-order valence-electron chi connectivity index (χ4n) is 2.90. The van der Waals surface area contributed by atoms with Crippen molar-refractivity contribution in [2.45, 2.75) is 59.4 Å². The van der Waals surface area contributed by atoms with Gasteiger partial charge < -0.3 is 5.11 Å². The molecule has 3 heteroatoms. The molecule has 0 spiro atoms. The fourth-order valence-corrected chi connectivity index (χ4v) is 2.90. The van der Waals surface area contributed by atoms with Gasteiger partial charge in [-0.1, -0.05) is 20.3 Å². The van der Waals surface area contributed by atoms with Crippen LogP contribution >= 0.6 is 0 Å². The molecule has 1 aliphatic heterocycles. The van der Waals surface area contributed by atoms with Gasteiger partial charge in [-0.15, -0.1) is 0 Å². The molecule has 0 aromatic heterocycles. The lowest BCUT2D eigenvalue weighted by Gasteiger charge is -2.41. The van der Waals surface area contributed by atoms with E-state index in [9.17, 15) is 9.90 Å². The predicted octanol–water partition coefficient (Wildman–Crippen LogP) is 3.00. The van der Waals surface area contributed by atoms with E-state index in [0.29, 0.717) is 18.5 Å². The highest BCUT2D eigenvalue weighted by Gasteiger charge is 2.37. The summed E-state index contributed by atoms with van der Waals surface area (Å²) in [6.07, 6.45) is 4.17. The molecular weight excluding hydrogens is 214 g/mol. The van der Waals surface area contributed by atoms with Crippen LogP contribution in [0.3, 0.4) is 0 Å². The van der Waals surface area contributed by atoms with Crippen molar-refractivity contribution < 1.29 is 9.90 Å². The second kappa shape index (κ2) is 5.85. The SMILES string of the molecule is CCCC(C)(CN1CCCC(C)C1C)C(=O)O. The number of rotatable bonds is 5. The highest BCUT2D eigenvalue weighted by atomic mass is 16.4. The average Bonchev–Trinajstić information content (AvgIpc) is 2.25. The van der Waals surface area contributed by atoms with Crippen LogP contribution < -0.4 is 0 Å². The molecule has 1 heterocycles. The van der Waals surface area contributed by atoms with Crippen LogP contribution in [0, 0.1) is 11.3 Å². The third kappa shape index (κ3) is 3.44. The maximum absolute atomic E-state index is 11.4. The first kappa shape index (κ1) is 14.5. The van der Waals surface area contributed by atoms with Crippen molar-refractivity contribution in [2.75, 3.05) is 13.1 Å². The lowest BCUT2D eigenvalue weighted by Crippen LogP contribution is -2.49. The van der Waals surface area contributed by atoms with E-state index in [1.165, 1.54) is 12.8 Å². The lowest BCUT2D eigenvalue weighted by molar-refractivity contribution is -0.150. The highest BCUT2D eigenvalue weighted by Crippen LogP contribution is 2.30. The second-order valence-electron chi connectivity index (χ2n) is 5.95. The largest absolute Gasteiger partial charge is 0.481 e. The molecular formula is C14H27NO2. The quantitative estimate of drug-likeness (QED) is 0.804. The summed E-state index contributed by atoms with van der Waals surface area (Å²) >= 11 is 0. The summed E-state index contributed by atoms with van der Waals surface area (Å²) in [6.45, 7) is 10.2. The molecule has 1 fully saturated rings. The van der Waals surface area contributed by atoms with E-state index in [0.717, 1.165) is 19.4 Å². The topological polar surface area (TPSA) is 40.5 Å². The van der Waals surface area contributed by atoms with Crippen molar-refractivity contribution in [3.8, 4) is 0 Å². The number of piperidine rings is 1. The van der Waals surface area contributed by atoms with Gasteiger partial charge in [-0.3, -0.25) is 9.69 Å². The molecule has 1 saturated heterocycles. The molecule has 0 amide bonds. The number of nitrogens with zero attached hydrogens (tertiary/aromatic N) is 1. The van der Waals surface area contributed by atoms with Gasteiger partial charge in [-0.2, -0.15) is 0 Å². The van der Waals surface area contributed by atoms with E-state index in [2.05, 4.69) is 25.7 Å². The Hall–Kier alpha value is -0.570. The zero-order chi connectivity index (χ0) is 13.1. The van der Waals surface area contributed by atoms with Crippen molar-refractivity contribution >= 4 is 5.97 Å². The van der Waals surface area contributed by atoms with Gasteiger partial charge >= 0.3 is 5.97 Å². The maximum Gasteiger partial charge on any atom is 0.310 e. The minimum atomic E-state index is -0.648. The van der Waals surface area contributed by atoms with Crippen LogP contribution in [0.25, 0.3) is 0 Å². The smallest absolute Gasteiger partial charge is 0.310 e. The van der Waals surface area contributed by atoms with E-state index >= 15 is 0 Å². The summed E-state index contributed by atoms with van der Waals surface area (Å²) in [5.74, 6) is 0.0354. The Balaban J connectivity index is 2.69. The van der Waals surface area contributed by atoms with Crippen LogP contribution in [0.15, 0.2) is 0 Å². The number of hydrogen-bond acceptors (Lipinski definition) is 2. The Bertz CT molecular complexity index is 267. The van der Waals surface area contributed by atoms with Crippen molar-refractivity contribution in [3.63, 3.8) is 0 Å². The van der Waals surface area contributed by atoms with E-state index in [-0.39, 0.29) is 0 Å². The monoisotopic (exact) mass is 241 g/mol. The van der Waals surface area contributed by atoms with Crippen LogP contribution in [0.2, 0.25) is 0 Å². The molecule has 17 heavy (non-hydrogen) atoms. The van der Waals surface area contributed by atoms with E-state index < -0.39 is 11.4 Å². The van der Waals surface area contributed by atoms with Gasteiger partial charge in [0.2, 0.25) is 0 Å². The zero-order valence-electron chi connectivity index (χ0n) is 11.7. The number of carboxylic acids is 1. The minimum Gasteiger partial charge on any atom is -0.481 e. The Kier molecular flexibility index (Phi) is 4.99. The third-order valence-electron chi connectivity index (χ3n) is 4.37. The molecule has 1 N–H and O–H groups in total. The molecule has 0 aromatic carbocycles. The first-order chi connectivity index (χ1) is 7.90. The molecule has 0 radical (unpaired) electrons. The average molecular weight is 241 g/mol. The maximum atomic E-state index is 11.4. The van der Waals surface area contributed by atoms with Crippen LogP contribution in [-0.4, -0.2) is 35.1 Å². The summed E-state index contributed by atoms with van der Waals surface area (Å²) in [6, 6.07) is 0.513. The van der Waals surface area contributed by atoms with Gasteiger partial charge in [0.15, 0.2) is 0 Å². The second-order valence-corrected chi connectivity index (χ2v) is 5.95. The number of hydrogen-bond donors (Lipinski definition) is 1. The van der Waals surface area contributed by atoms with Crippen LogP contribution in [0.5, 0.6) is 0 Å². The molecule has 1 aliphatic rings. The van der Waals surface area contributed by atoms with Gasteiger partial charge in [0.05, 0.1) is 5.41 Å². The Morgan fingerprint density at radius 3 is 2.65 bits per heavy atom. The summed E-state index contributed by atoms with van der Waals surface area (Å²) in [5.41, 5.74) is -0.583. The standard InChI is InChI=1S/C14H27NO2/c1-5-8-14(4,13(16)17)10-15-9-6-7-11(2)12(15)3/h11-12H,5-10H2,1-4H3,(H,16,17). The highest BCUT2D eigenvalue weighted by molar-refractivity contribution is 5.74. The van der Waals surface area contributed by atoms with E-state index in [4.69, 9.17) is 0 Å². The van der Waals surface area contributed by atoms with E-state index in [1.807, 2.05) is 6.92 Å². The molecule has 0 bridgehead atoms. The van der Waals surface area contributed by atoms with Gasteiger partial charge in [0.25, 0.3) is 0 Å². The van der Waals surface area contributed by atoms with Gasteiger partial charge in [-0.05, 0) is 45.6 Å². The summed E-state index contributed by atoms with van der Waals surface area (Å²) in [5, 5.41) is 9.42. The van der Waals surface area contributed by atoms with Crippen LogP contribution in [0.1, 0.15) is 53.4 Å². The summed E-state index contributed by atoms with van der Waals surface area (Å²) in [4.78, 5) is 13.8. The Morgan fingerprint density at radius 1 is 1.47 bits per heavy atom. The van der Waals surface area contributed by atoms with Crippen molar-refractivity contribution in [1.29, 1.82) is 0 Å². The van der Waals surface area contributed by atoms with Crippen LogP contribution in [-0.2, 0) is 4.79 Å². The summed E-state index contributed by atoms with van der Waals surface area (Å²) in [7, 11) is 0. The lowest BCUT2D eigenvalue weighted by atomic mass is 9.82. The molecule has 1 rings (SSSR count). The molecule has 3 unspecified atom stereocenters. The molecule has 3 atom stereocenters. The van der Waals surface area contributed by atoms with E-state index in [1.54, 1.807) is 0 Å². The molecule has 0 aliphatic carbocycles. The Morgan fingerprint density at radius 2 is 2.12 bits per heavy atom. The van der Waals surface area contributed by atoms with Crippen molar-refractivity contribution in [1.82, 2.24) is 4.90 Å². The normalized spacial score (nSPS) is 29.9. The number of carboxylic acid groups (broad SMARTS) is 1. The molecule has 3 nitrogen and oxygen atoms in total. The summed E-state index contributed by atoms with van der Waals surface area (Å²) < 4.78 is 0. The van der Waals surface area contributed by atoms with Crippen molar-refractivity contribution in [3.05, 3.63) is 0 Å². The predicted molar refractivity (Wildman–Crippen MR) is 70.1 cm³/mol. The number of likely N-dealkylation sites (tertiary alicyclic amines) is 1. The van der Waals surface area contributed by atoms with Gasteiger partial charge in [0.1, 0.15) is 0 Å². The zero-order valence-corrected chi connectivity index (χ0v) is 11.7. The molecule has 100 valence electrons. The van der Waals surface area contributed by atoms with Gasteiger partial charge in [0, 0.05) is 12.6 Å². The number of aliphatic carboxylic acids is 1. The first-order valence-corrected chi connectivity index (χ1v) is 6.88. The van der Waals surface area contributed by atoms with Gasteiger partial charge in [-0.25, -0.2) is 0 Å². The molecule has 0 aromatic rings. The van der Waals surface area contributed by atoms with Crippen LogP contribution in [0.4, 0.5) is 0 Å². The first-order valence-electron chi connectivity index (χ1n) is 6.88. The fraction of sp³-hybridized carbons (Fsp3) is 0.929. The third-order valence-corrected chi connectivity index (χ3v) is 4.37. The minimum absolute atomic E-state index is 0.513. The number of carbonyl (C=O) groups is 1. The molecule has 0 saturated carbocycles. The Labute approximate surface area is 105 Å².